The van der Waals surface area contributed by atoms with E-state index in [2.05, 4.69) is 4.98 Å². The Morgan fingerprint density at radius 2 is 2.24 bits per heavy atom. The van der Waals surface area contributed by atoms with Crippen LogP contribution in [0.5, 0.6) is 0 Å². The predicted molar refractivity (Wildman–Crippen MR) is 63.6 cm³/mol. The summed E-state index contributed by atoms with van der Waals surface area (Å²) < 4.78 is 1.32. The van der Waals surface area contributed by atoms with Crippen molar-refractivity contribution in [2.24, 2.45) is 0 Å². The topological polar surface area (TPSA) is 72.2 Å². The van der Waals surface area contributed by atoms with Gasteiger partial charge in [-0.1, -0.05) is 0 Å². The number of carboxylic acid groups (broad SMARTS) is 1. The molecule has 17 heavy (non-hydrogen) atoms. The molecule has 0 bridgehead atoms. The third-order valence-electron chi connectivity index (χ3n) is 2.47. The highest BCUT2D eigenvalue weighted by molar-refractivity contribution is 6.28. The van der Waals surface area contributed by atoms with Gasteiger partial charge in [0.05, 0.1) is 16.5 Å². The van der Waals surface area contributed by atoms with Crippen molar-refractivity contribution in [3.05, 3.63) is 39.4 Å². The number of benzene rings is 1. The predicted octanol–water partition coefficient (Wildman–Crippen LogP) is 1.77. The van der Waals surface area contributed by atoms with E-state index in [-0.39, 0.29) is 16.4 Å². The Kier molecular flexibility index (Phi) is 2.85. The van der Waals surface area contributed by atoms with E-state index in [4.69, 9.17) is 16.7 Å². The van der Waals surface area contributed by atoms with Gasteiger partial charge in [-0.3, -0.25) is 9.36 Å². The van der Waals surface area contributed by atoms with Crippen LogP contribution in [0.4, 0.5) is 0 Å². The molecule has 1 heterocycles. The van der Waals surface area contributed by atoms with Crippen LogP contribution in [0.1, 0.15) is 17.3 Å². The van der Waals surface area contributed by atoms with Crippen molar-refractivity contribution in [2.75, 3.05) is 0 Å². The number of rotatable bonds is 2. The molecule has 0 aliphatic rings. The van der Waals surface area contributed by atoms with Crippen molar-refractivity contribution in [3.8, 4) is 0 Å². The number of carbonyl (C=O) groups is 1. The maximum atomic E-state index is 12.0. The summed E-state index contributed by atoms with van der Waals surface area (Å²) in [7, 11) is 0. The first-order valence-corrected chi connectivity index (χ1v) is 5.35. The van der Waals surface area contributed by atoms with Crippen LogP contribution in [-0.4, -0.2) is 20.6 Å². The lowest BCUT2D eigenvalue weighted by molar-refractivity contribution is 0.0697. The van der Waals surface area contributed by atoms with Gasteiger partial charge in [0, 0.05) is 6.54 Å². The molecule has 0 spiro atoms. The van der Waals surface area contributed by atoms with Gasteiger partial charge < -0.3 is 5.11 Å². The van der Waals surface area contributed by atoms with Gasteiger partial charge >= 0.3 is 5.97 Å². The fourth-order valence-corrected chi connectivity index (χ4v) is 1.89. The summed E-state index contributed by atoms with van der Waals surface area (Å²) in [5.41, 5.74) is 0.110. The Morgan fingerprint density at radius 3 is 2.82 bits per heavy atom. The number of halogens is 1. The summed E-state index contributed by atoms with van der Waals surface area (Å²) >= 11 is 5.84. The molecule has 0 atom stereocenters. The summed E-state index contributed by atoms with van der Waals surface area (Å²) in [6.45, 7) is 2.20. The average Bonchev–Trinajstić information content (AvgIpc) is 2.28. The lowest BCUT2D eigenvalue weighted by Crippen LogP contribution is -2.21. The van der Waals surface area contributed by atoms with Gasteiger partial charge in [0.2, 0.25) is 5.28 Å². The van der Waals surface area contributed by atoms with Gasteiger partial charge in [0.1, 0.15) is 0 Å². The molecule has 0 aliphatic heterocycles. The van der Waals surface area contributed by atoms with Crippen LogP contribution in [0.3, 0.4) is 0 Å². The van der Waals surface area contributed by atoms with Gasteiger partial charge in [-0.2, -0.15) is 0 Å². The monoisotopic (exact) mass is 252 g/mol. The highest BCUT2D eigenvalue weighted by atomic mass is 35.5. The molecule has 6 heteroatoms. The van der Waals surface area contributed by atoms with E-state index in [1.54, 1.807) is 6.92 Å². The first kappa shape index (κ1) is 11.6. The molecule has 0 amide bonds. The number of hydrogen-bond acceptors (Lipinski definition) is 3. The van der Waals surface area contributed by atoms with Gasteiger partial charge in [-0.15, -0.1) is 0 Å². The summed E-state index contributed by atoms with van der Waals surface area (Å²) in [6, 6.07) is 4.17. The van der Waals surface area contributed by atoms with Gasteiger partial charge in [-0.25, -0.2) is 9.78 Å². The minimum atomic E-state index is -1.07. The minimum Gasteiger partial charge on any atom is -0.478 e. The number of aromatic carboxylic acids is 1. The van der Waals surface area contributed by atoms with Crippen LogP contribution in [0.2, 0.25) is 5.28 Å². The number of carboxylic acids is 1. The number of aromatic nitrogens is 2. The van der Waals surface area contributed by atoms with E-state index in [0.717, 1.165) is 0 Å². The molecule has 0 radical (unpaired) electrons. The minimum absolute atomic E-state index is 0.0625. The molecule has 1 aromatic heterocycles. The molecule has 0 unspecified atom stereocenters. The summed E-state index contributed by atoms with van der Waals surface area (Å²) in [4.78, 5) is 26.8. The summed E-state index contributed by atoms with van der Waals surface area (Å²) in [5, 5.41) is 9.26. The van der Waals surface area contributed by atoms with E-state index < -0.39 is 5.97 Å². The molecule has 1 aromatic carbocycles. The average molecular weight is 253 g/mol. The van der Waals surface area contributed by atoms with Gasteiger partial charge in [0.15, 0.2) is 0 Å². The Bertz CT molecular complexity index is 664. The molecule has 88 valence electrons. The normalized spacial score (nSPS) is 10.7. The first-order chi connectivity index (χ1) is 8.04. The SMILES string of the molecule is CCn1c(Cl)nc2cc(C(=O)O)ccc2c1=O. The molecule has 0 saturated carbocycles. The Morgan fingerprint density at radius 1 is 1.53 bits per heavy atom. The largest absolute Gasteiger partial charge is 0.478 e. The number of nitrogens with zero attached hydrogens (tertiary/aromatic N) is 2. The van der Waals surface area contributed by atoms with E-state index in [9.17, 15) is 9.59 Å². The smallest absolute Gasteiger partial charge is 0.335 e. The van der Waals surface area contributed by atoms with E-state index >= 15 is 0 Å². The van der Waals surface area contributed by atoms with Crippen molar-refractivity contribution in [1.82, 2.24) is 9.55 Å². The second kappa shape index (κ2) is 4.18. The Hall–Kier alpha value is -1.88. The van der Waals surface area contributed by atoms with E-state index in [1.165, 1.54) is 22.8 Å². The molecule has 1 N–H and O–H groups in total. The molecule has 0 fully saturated rings. The lowest BCUT2D eigenvalue weighted by Gasteiger charge is -2.06. The zero-order valence-corrected chi connectivity index (χ0v) is 9.73. The van der Waals surface area contributed by atoms with Crippen LogP contribution in [0, 0.1) is 0 Å². The van der Waals surface area contributed by atoms with Gasteiger partial charge in [0.25, 0.3) is 5.56 Å². The quantitative estimate of drug-likeness (QED) is 0.827. The van der Waals surface area contributed by atoms with Crippen LogP contribution < -0.4 is 5.56 Å². The molecule has 0 saturated heterocycles. The third kappa shape index (κ3) is 1.89. The molecule has 2 aromatic rings. The molecule has 5 nitrogen and oxygen atoms in total. The van der Waals surface area contributed by atoms with Crippen molar-refractivity contribution >= 4 is 28.5 Å². The fraction of sp³-hybridized carbons (Fsp3) is 0.182. The van der Waals surface area contributed by atoms with Crippen LogP contribution in [0.15, 0.2) is 23.0 Å². The number of hydrogen-bond donors (Lipinski definition) is 1. The van der Waals surface area contributed by atoms with Crippen molar-refractivity contribution < 1.29 is 9.90 Å². The standard InChI is InChI=1S/C11H9ClN2O3/c1-2-14-9(15)7-4-3-6(10(16)17)5-8(7)13-11(14)12/h3-5H,2H2,1H3,(H,16,17). The van der Waals surface area contributed by atoms with Crippen LogP contribution >= 0.6 is 11.6 Å². The Balaban J connectivity index is 2.82. The zero-order valence-electron chi connectivity index (χ0n) is 8.98. The molecule has 0 aliphatic carbocycles. The second-order valence-corrected chi connectivity index (χ2v) is 3.81. The van der Waals surface area contributed by atoms with Crippen molar-refractivity contribution in [3.63, 3.8) is 0 Å². The molecular formula is C11H9ClN2O3. The third-order valence-corrected chi connectivity index (χ3v) is 2.76. The van der Waals surface area contributed by atoms with Crippen molar-refractivity contribution in [1.29, 1.82) is 0 Å². The summed E-state index contributed by atoms with van der Waals surface area (Å²) in [5.74, 6) is -1.07. The lowest BCUT2D eigenvalue weighted by atomic mass is 10.1. The zero-order chi connectivity index (χ0) is 12.6. The molecule has 2 rings (SSSR count). The fourth-order valence-electron chi connectivity index (χ4n) is 1.60. The Labute approximate surface area is 101 Å². The van der Waals surface area contributed by atoms with E-state index in [1.807, 2.05) is 0 Å². The highest BCUT2D eigenvalue weighted by Crippen LogP contribution is 2.13. The first-order valence-electron chi connectivity index (χ1n) is 4.98. The second-order valence-electron chi connectivity index (χ2n) is 3.47. The molecular weight excluding hydrogens is 244 g/mol. The van der Waals surface area contributed by atoms with Crippen molar-refractivity contribution in [2.45, 2.75) is 13.5 Å². The maximum absolute atomic E-state index is 12.0. The van der Waals surface area contributed by atoms with Gasteiger partial charge in [-0.05, 0) is 36.7 Å². The van der Waals surface area contributed by atoms with Crippen LogP contribution in [-0.2, 0) is 6.54 Å². The maximum Gasteiger partial charge on any atom is 0.335 e. The van der Waals surface area contributed by atoms with E-state index in [0.29, 0.717) is 17.4 Å². The van der Waals surface area contributed by atoms with Crippen LogP contribution in [0.25, 0.3) is 10.9 Å². The summed E-state index contributed by atoms with van der Waals surface area (Å²) in [6.07, 6.45) is 0. The number of fused-ring (bicyclic) bond motifs is 1. The highest BCUT2D eigenvalue weighted by Gasteiger charge is 2.10.